The van der Waals surface area contributed by atoms with Gasteiger partial charge >= 0.3 is 5.97 Å². The van der Waals surface area contributed by atoms with Crippen molar-refractivity contribution in [1.82, 2.24) is 4.57 Å². The van der Waals surface area contributed by atoms with Crippen LogP contribution in [0.4, 0.5) is 0 Å². The molecule has 0 saturated carbocycles. The fourth-order valence-electron chi connectivity index (χ4n) is 5.95. The molecule has 244 valence electrons. The van der Waals surface area contributed by atoms with Crippen molar-refractivity contribution in [2.45, 2.75) is 19.6 Å². The third kappa shape index (κ3) is 6.86. The first kappa shape index (κ1) is 33.7. The van der Waals surface area contributed by atoms with E-state index in [2.05, 4.69) is 75.5 Å². The Labute approximate surface area is 318 Å². The first-order chi connectivity index (χ1) is 23.8. The summed E-state index contributed by atoms with van der Waals surface area (Å²) < 4.78 is 16.1. The van der Waals surface area contributed by atoms with E-state index in [1.807, 2.05) is 72.8 Å². The summed E-state index contributed by atoms with van der Waals surface area (Å²) >= 11 is 12.1. The maximum atomic E-state index is 14.5. The summed E-state index contributed by atoms with van der Waals surface area (Å²) in [5.74, 6) is 0.154. The average molecular weight is 909 g/mol. The number of halogens is 3. The summed E-state index contributed by atoms with van der Waals surface area (Å²) in [6.45, 7) is 2.30. The zero-order chi connectivity index (χ0) is 34.1. The van der Waals surface area contributed by atoms with Gasteiger partial charge < -0.3 is 9.47 Å². The summed E-state index contributed by atoms with van der Waals surface area (Å²) in [4.78, 5) is 33.7. The Morgan fingerprint density at radius 2 is 1.69 bits per heavy atom. The molecule has 0 N–H and O–H groups in total. The van der Waals surface area contributed by atoms with Gasteiger partial charge in [-0.3, -0.25) is 9.36 Å². The van der Waals surface area contributed by atoms with Crippen LogP contribution in [0.15, 0.2) is 125 Å². The van der Waals surface area contributed by atoms with Gasteiger partial charge in [-0.15, -0.1) is 0 Å². The van der Waals surface area contributed by atoms with Gasteiger partial charge in [0.05, 0.1) is 32.0 Å². The third-order valence-corrected chi connectivity index (χ3v) is 10.8. The highest BCUT2D eigenvalue weighted by Gasteiger charge is 2.35. The largest absolute Gasteiger partial charge is 0.487 e. The van der Waals surface area contributed by atoms with E-state index in [0.717, 1.165) is 34.6 Å². The molecule has 1 atom stereocenters. The third-order valence-electron chi connectivity index (χ3n) is 8.14. The number of ether oxygens (including phenoxy) is 2. The number of thiazole rings is 1. The van der Waals surface area contributed by atoms with E-state index < -0.39 is 12.0 Å². The Hall–Kier alpha value is -3.78. The number of carbonyl (C=O) groups is 1. The van der Waals surface area contributed by atoms with Crippen LogP contribution < -0.4 is 19.6 Å². The second-order valence-electron chi connectivity index (χ2n) is 11.2. The number of rotatable bonds is 8. The lowest BCUT2D eigenvalue weighted by molar-refractivity contribution is -0.138. The van der Waals surface area contributed by atoms with Crippen molar-refractivity contribution in [1.29, 1.82) is 0 Å². The Kier molecular flexibility index (Phi) is 10.0. The number of fused-ring (bicyclic) bond motifs is 2. The molecular weight excluding hydrogens is 882 g/mol. The second-order valence-corrected chi connectivity index (χ2v) is 15.1. The molecule has 1 aliphatic rings. The molecule has 2 heterocycles. The highest BCUT2D eigenvalue weighted by atomic mass is 127. The first-order valence-corrected chi connectivity index (χ1v) is 18.8. The maximum Gasteiger partial charge on any atom is 0.338 e. The molecule has 0 saturated heterocycles. The van der Waals surface area contributed by atoms with E-state index in [0.29, 0.717) is 38.0 Å². The molecular formula is C39H27ClI2N2O4S. The minimum absolute atomic E-state index is 0.176. The number of hydrogen-bond acceptors (Lipinski definition) is 6. The van der Waals surface area contributed by atoms with E-state index >= 15 is 0 Å². The van der Waals surface area contributed by atoms with Crippen molar-refractivity contribution >= 4 is 96.6 Å². The number of hydrogen-bond donors (Lipinski definition) is 0. The minimum Gasteiger partial charge on any atom is -0.487 e. The molecule has 7 rings (SSSR count). The number of esters is 1. The molecule has 0 amide bonds. The molecule has 0 bridgehead atoms. The molecule has 6 nitrogen and oxygen atoms in total. The lowest BCUT2D eigenvalue weighted by Crippen LogP contribution is -2.40. The molecule has 0 radical (unpaired) electrons. The summed E-state index contributed by atoms with van der Waals surface area (Å²) in [6, 6.07) is 34.4. The molecule has 0 spiro atoms. The normalized spacial score (nSPS) is 14.4. The number of nitrogens with zero attached hydrogens (tertiary/aromatic N) is 2. The molecule has 1 aliphatic heterocycles. The predicted molar refractivity (Wildman–Crippen MR) is 213 cm³/mol. The molecule has 6 aromatic rings. The molecule has 0 fully saturated rings. The first-order valence-electron chi connectivity index (χ1n) is 15.4. The molecule has 5 aromatic carbocycles. The molecule has 0 unspecified atom stereocenters. The predicted octanol–water partition coefficient (Wildman–Crippen LogP) is 8.53. The topological polar surface area (TPSA) is 69.9 Å². The van der Waals surface area contributed by atoms with Crippen LogP contribution in [-0.4, -0.2) is 17.1 Å². The van der Waals surface area contributed by atoms with Gasteiger partial charge in [0, 0.05) is 19.7 Å². The van der Waals surface area contributed by atoms with Crippen LogP contribution >= 0.6 is 68.1 Å². The zero-order valence-electron chi connectivity index (χ0n) is 26.0. The minimum atomic E-state index is -0.789. The standard InChI is InChI=1S/C39H27ClI2N2O4S/c1-2-47-38(46)33-34(24-10-4-3-5-11-24)43-39-44(35(33)25-15-17-28(40)18-16-25)37(45)32(49-39)20-27-19-29(41)21-31(42)36(27)48-22-26-13-8-12-23-9-6-7-14-30(23)26/h3-21,35H,2,22H2,1H3/b32-20-/t35-/m1/s1. The van der Waals surface area contributed by atoms with Gasteiger partial charge in [-0.05, 0) is 104 Å². The quantitative estimate of drug-likeness (QED) is 0.114. The summed E-state index contributed by atoms with van der Waals surface area (Å²) in [5.41, 5.74) is 3.79. The Morgan fingerprint density at radius 3 is 2.47 bits per heavy atom. The van der Waals surface area contributed by atoms with Crippen LogP contribution in [0.5, 0.6) is 5.75 Å². The summed E-state index contributed by atoms with van der Waals surface area (Å²) in [6.07, 6.45) is 1.86. The Bertz CT molecular complexity index is 2440. The SMILES string of the molecule is CCOC(=O)C1=C(c2ccccc2)N=c2s/c(=C\c3cc(I)cc(I)c3OCc3cccc4ccccc34)c(=O)n2[C@@H]1c1ccc(Cl)cc1. The molecule has 0 aliphatic carbocycles. The van der Waals surface area contributed by atoms with Crippen LogP contribution in [-0.2, 0) is 16.1 Å². The second kappa shape index (κ2) is 14.6. The fraction of sp³-hybridized carbons (Fsp3) is 0.103. The van der Waals surface area contributed by atoms with E-state index in [9.17, 15) is 9.59 Å². The van der Waals surface area contributed by atoms with Crippen LogP contribution in [0.25, 0.3) is 22.5 Å². The van der Waals surface area contributed by atoms with Crippen molar-refractivity contribution in [3.05, 3.63) is 169 Å². The summed E-state index contributed by atoms with van der Waals surface area (Å²) in [5, 5.41) is 2.83. The number of benzene rings is 5. The Morgan fingerprint density at radius 1 is 0.959 bits per heavy atom. The monoisotopic (exact) mass is 908 g/mol. The maximum absolute atomic E-state index is 14.5. The van der Waals surface area contributed by atoms with Crippen molar-refractivity contribution in [2.24, 2.45) is 4.99 Å². The van der Waals surface area contributed by atoms with Crippen LogP contribution in [0, 0.1) is 7.14 Å². The van der Waals surface area contributed by atoms with Gasteiger partial charge in [0.15, 0.2) is 4.80 Å². The fourth-order valence-corrected chi connectivity index (χ4v) is 9.11. The van der Waals surface area contributed by atoms with Gasteiger partial charge in [-0.2, -0.15) is 0 Å². The summed E-state index contributed by atoms with van der Waals surface area (Å²) in [7, 11) is 0. The van der Waals surface area contributed by atoms with E-state index in [4.69, 9.17) is 26.1 Å². The lowest BCUT2D eigenvalue weighted by atomic mass is 9.93. The number of aromatic nitrogens is 1. The zero-order valence-corrected chi connectivity index (χ0v) is 31.9. The van der Waals surface area contributed by atoms with Crippen LogP contribution in [0.2, 0.25) is 5.02 Å². The van der Waals surface area contributed by atoms with Crippen LogP contribution in [0.1, 0.15) is 35.2 Å². The van der Waals surface area contributed by atoms with Crippen molar-refractivity contribution in [3.8, 4) is 5.75 Å². The van der Waals surface area contributed by atoms with Gasteiger partial charge in [0.25, 0.3) is 5.56 Å². The van der Waals surface area contributed by atoms with E-state index in [1.165, 1.54) is 11.3 Å². The van der Waals surface area contributed by atoms with Gasteiger partial charge in [0.1, 0.15) is 12.4 Å². The van der Waals surface area contributed by atoms with Gasteiger partial charge in [-0.25, -0.2) is 9.79 Å². The van der Waals surface area contributed by atoms with Gasteiger partial charge in [0.2, 0.25) is 0 Å². The number of carbonyl (C=O) groups excluding carboxylic acids is 1. The highest BCUT2D eigenvalue weighted by molar-refractivity contribution is 14.1. The van der Waals surface area contributed by atoms with E-state index in [1.54, 1.807) is 23.6 Å². The van der Waals surface area contributed by atoms with Crippen molar-refractivity contribution < 1.29 is 14.3 Å². The van der Waals surface area contributed by atoms with Crippen LogP contribution in [0.3, 0.4) is 0 Å². The smallest absolute Gasteiger partial charge is 0.338 e. The average Bonchev–Trinajstić information content (AvgIpc) is 3.42. The van der Waals surface area contributed by atoms with E-state index in [-0.39, 0.29) is 17.7 Å². The lowest BCUT2D eigenvalue weighted by Gasteiger charge is -2.26. The molecule has 49 heavy (non-hydrogen) atoms. The van der Waals surface area contributed by atoms with Crippen molar-refractivity contribution in [2.75, 3.05) is 6.61 Å². The molecule has 1 aromatic heterocycles. The van der Waals surface area contributed by atoms with Crippen molar-refractivity contribution in [3.63, 3.8) is 0 Å². The van der Waals surface area contributed by atoms with Gasteiger partial charge in [-0.1, -0.05) is 108 Å². The Balaban J connectivity index is 1.40. The molecule has 10 heteroatoms. The highest BCUT2D eigenvalue weighted by Crippen LogP contribution is 2.36.